The lowest BCUT2D eigenvalue weighted by Gasteiger charge is -2.36. The molecule has 0 unspecified atom stereocenters. The summed E-state index contributed by atoms with van der Waals surface area (Å²) in [5.74, 6) is 1.14. The molecule has 9 heteroatoms. The number of anilines is 2. The van der Waals surface area contributed by atoms with E-state index in [0.717, 1.165) is 24.5 Å². The number of nitrogens with one attached hydrogen (secondary N) is 1. The zero-order valence-corrected chi connectivity index (χ0v) is 18.4. The van der Waals surface area contributed by atoms with Crippen molar-refractivity contribution >= 4 is 34.2 Å². The van der Waals surface area contributed by atoms with Crippen LogP contribution in [0, 0.1) is 5.92 Å². The molecule has 0 saturated carbocycles. The number of nitrogens with zero attached hydrogens (tertiary/aromatic N) is 3. The highest BCUT2D eigenvalue weighted by molar-refractivity contribution is 7.13. The molecule has 162 valence electrons. The summed E-state index contributed by atoms with van der Waals surface area (Å²) in [7, 11) is 1.66. The van der Waals surface area contributed by atoms with Crippen LogP contribution in [-0.4, -0.2) is 61.8 Å². The van der Waals surface area contributed by atoms with Crippen LogP contribution in [0.2, 0.25) is 0 Å². The smallest absolute Gasteiger partial charge is 0.413 e. The van der Waals surface area contributed by atoms with Gasteiger partial charge in [0, 0.05) is 43.3 Å². The second-order valence-electron chi connectivity index (χ2n) is 7.51. The van der Waals surface area contributed by atoms with E-state index < -0.39 is 6.09 Å². The van der Waals surface area contributed by atoms with Gasteiger partial charge in [-0.3, -0.25) is 10.1 Å². The van der Waals surface area contributed by atoms with Gasteiger partial charge in [0.2, 0.25) is 5.91 Å². The van der Waals surface area contributed by atoms with Gasteiger partial charge in [-0.25, -0.2) is 9.78 Å². The largest absolute Gasteiger partial charge is 0.497 e. The van der Waals surface area contributed by atoms with Crippen molar-refractivity contribution < 1.29 is 19.1 Å². The lowest BCUT2D eigenvalue weighted by atomic mass is 10.2. The minimum Gasteiger partial charge on any atom is -0.497 e. The summed E-state index contributed by atoms with van der Waals surface area (Å²) in [6.45, 7) is 7.15. The van der Waals surface area contributed by atoms with Gasteiger partial charge in [0.1, 0.15) is 5.75 Å². The Kier molecular flexibility index (Phi) is 7.51. The number of thiazole rings is 1. The third-order valence-corrected chi connectivity index (χ3v) is 5.50. The number of methoxy groups -OCH3 is 1. The minimum atomic E-state index is -0.524. The zero-order valence-electron chi connectivity index (χ0n) is 17.6. The van der Waals surface area contributed by atoms with Crippen LogP contribution in [0.4, 0.5) is 15.6 Å². The fraction of sp³-hybridized carbons (Fsp3) is 0.476. The highest BCUT2D eigenvalue weighted by Crippen LogP contribution is 2.22. The van der Waals surface area contributed by atoms with Crippen LogP contribution >= 0.6 is 11.3 Å². The second kappa shape index (κ2) is 10.3. The Balaban J connectivity index is 1.47. The van der Waals surface area contributed by atoms with Gasteiger partial charge < -0.3 is 19.3 Å². The molecule has 1 fully saturated rings. The predicted octanol–water partition coefficient (Wildman–Crippen LogP) is 3.25. The molecule has 0 atom stereocenters. The molecule has 1 N–H and O–H groups in total. The van der Waals surface area contributed by atoms with Crippen LogP contribution in [-0.2, 0) is 16.0 Å². The van der Waals surface area contributed by atoms with Crippen LogP contribution in [0.25, 0.3) is 0 Å². The van der Waals surface area contributed by atoms with E-state index in [2.05, 4.69) is 21.3 Å². The highest BCUT2D eigenvalue weighted by Gasteiger charge is 2.22. The van der Waals surface area contributed by atoms with Crippen molar-refractivity contribution in [1.29, 1.82) is 0 Å². The first kappa shape index (κ1) is 21.9. The average molecular weight is 433 g/mol. The van der Waals surface area contributed by atoms with Gasteiger partial charge in [0.25, 0.3) is 0 Å². The monoisotopic (exact) mass is 432 g/mol. The summed E-state index contributed by atoms with van der Waals surface area (Å²) in [6, 6.07) is 7.95. The first-order valence-electron chi connectivity index (χ1n) is 9.99. The number of hydrogen-bond acceptors (Lipinski definition) is 7. The number of ether oxygens (including phenoxy) is 2. The van der Waals surface area contributed by atoms with Crippen LogP contribution < -0.4 is 15.0 Å². The average Bonchev–Trinajstić information content (AvgIpc) is 3.19. The molecule has 8 nitrogen and oxygen atoms in total. The molecule has 30 heavy (non-hydrogen) atoms. The minimum absolute atomic E-state index is 0.0412. The number of piperazine rings is 1. The van der Waals surface area contributed by atoms with E-state index in [4.69, 9.17) is 9.47 Å². The number of carbonyl (C=O) groups excluding carboxylic acids is 2. The molecule has 3 rings (SSSR count). The first-order chi connectivity index (χ1) is 14.4. The molecule has 1 aliphatic heterocycles. The molecular formula is C21H28N4O4S. The first-order valence-corrected chi connectivity index (χ1v) is 10.9. The van der Waals surface area contributed by atoms with Crippen molar-refractivity contribution in [2.75, 3.05) is 50.1 Å². The van der Waals surface area contributed by atoms with Crippen molar-refractivity contribution in [3.8, 4) is 5.75 Å². The van der Waals surface area contributed by atoms with Gasteiger partial charge >= 0.3 is 6.09 Å². The maximum Gasteiger partial charge on any atom is 0.413 e. The molecule has 1 saturated heterocycles. The van der Waals surface area contributed by atoms with E-state index in [9.17, 15) is 9.59 Å². The van der Waals surface area contributed by atoms with Gasteiger partial charge in [0.15, 0.2) is 5.13 Å². The topological polar surface area (TPSA) is 84.0 Å². The Labute approximate surface area is 180 Å². The van der Waals surface area contributed by atoms with Gasteiger partial charge in [-0.2, -0.15) is 0 Å². The van der Waals surface area contributed by atoms with E-state index in [0.29, 0.717) is 30.5 Å². The van der Waals surface area contributed by atoms with Crippen LogP contribution in [0.3, 0.4) is 0 Å². The van der Waals surface area contributed by atoms with Gasteiger partial charge in [0.05, 0.1) is 25.8 Å². The fourth-order valence-electron chi connectivity index (χ4n) is 3.10. The van der Waals surface area contributed by atoms with Crippen LogP contribution in [0.1, 0.15) is 19.5 Å². The van der Waals surface area contributed by atoms with Gasteiger partial charge in [-0.1, -0.05) is 19.9 Å². The van der Waals surface area contributed by atoms with Crippen molar-refractivity contribution in [2.24, 2.45) is 5.92 Å². The number of carbonyl (C=O) groups is 2. The Bertz CT molecular complexity index is 862. The molecule has 2 heterocycles. The maximum atomic E-state index is 12.7. The molecular weight excluding hydrogens is 404 g/mol. The van der Waals surface area contributed by atoms with E-state index in [-0.39, 0.29) is 18.2 Å². The number of benzene rings is 1. The maximum absolute atomic E-state index is 12.7. The van der Waals surface area contributed by atoms with Crippen molar-refractivity contribution in [3.05, 3.63) is 35.3 Å². The number of rotatable bonds is 7. The van der Waals surface area contributed by atoms with E-state index in [1.165, 1.54) is 11.3 Å². The summed E-state index contributed by atoms with van der Waals surface area (Å²) in [5, 5.41) is 4.84. The van der Waals surface area contributed by atoms with E-state index in [1.807, 2.05) is 36.9 Å². The van der Waals surface area contributed by atoms with Crippen LogP contribution in [0.15, 0.2) is 29.6 Å². The second-order valence-corrected chi connectivity index (χ2v) is 8.37. The van der Waals surface area contributed by atoms with Gasteiger partial charge in [-0.15, -0.1) is 11.3 Å². The predicted molar refractivity (Wildman–Crippen MR) is 117 cm³/mol. The summed E-state index contributed by atoms with van der Waals surface area (Å²) < 4.78 is 10.4. The van der Waals surface area contributed by atoms with E-state index in [1.54, 1.807) is 12.5 Å². The molecule has 1 aromatic carbocycles. The summed E-state index contributed by atoms with van der Waals surface area (Å²) in [4.78, 5) is 32.8. The Morgan fingerprint density at radius 1 is 1.23 bits per heavy atom. The number of amides is 2. The molecule has 2 amide bonds. The Hall–Kier alpha value is -2.81. The normalized spacial score (nSPS) is 14.0. The third-order valence-electron chi connectivity index (χ3n) is 4.69. The quantitative estimate of drug-likeness (QED) is 0.723. The summed E-state index contributed by atoms with van der Waals surface area (Å²) >= 11 is 1.29. The van der Waals surface area contributed by atoms with Crippen LogP contribution in [0.5, 0.6) is 5.75 Å². The van der Waals surface area contributed by atoms with E-state index >= 15 is 0 Å². The van der Waals surface area contributed by atoms with Crippen molar-refractivity contribution in [3.63, 3.8) is 0 Å². The number of aromatic nitrogens is 1. The van der Waals surface area contributed by atoms with Gasteiger partial charge in [-0.05, 0) is 18.1 Å². The number of hydrogen-bond donors (Lipinski definition) is 1. The summed E-state index contributed by atoms with van der Waals surface area (Å²) in [5.41, 5.74) is 1.75. The van der Waals surface area contributed by atoms with Crippen molar-refractivity contribution in [2.45, 2.75) is 20.3 Å². The molecule has 0 aliphatic carbocycles. The van der Waals surface area contributed by atoms with Crippen molar-refractivity contribution in [1.82, 2.24) is 9.88 Å². The fourth-order valence-corrected chi connectivity index (χ4v) is 3.80. The molecule has 0 radical (unpaired) electrons. The molecule has 0 spiro atoms. The lowest BCUT2D eigenvalue weighted by molar-refractivity contribution is -0.130. The molecule has 2 aromatic rings. The lowest BCUT2D eigenvalue weighted by Crippen LogP contribution is -2.49. The Morgan fingerprint density at radius 3 is 2.70 bits per heavy atom. The Morgan fingerprint density at radius 2 is 2.00 bits per heavy atom. The zero-order chi connectivity index (χ0) is 21.5. The molecule has 1 aliphatic rings. The summed E-state index contributed by atoms with van der Waals surface area (Å²) in [6.07, 6.45) is -0.303. The third kappa shape index (κ3) is 6.09. The molecule has 1 aromatic heterocycles. The highest BCUT2D eigenvalue weighted by atomic mass is 32.1. The SMILES string of the molecule is COc1cccc(N2CCN(C(=O)Cc3csc(NC(=O)OCC(C)C)n3)CC2)c1. The standard InChI is InChI=1S/C21H28N4O4S/c1-15(2)13-29-21(27)23-20-22-16(14-30-20)11-19(26)25-9-7-24(8-10-25)17-5-4-6-18(12-17)28-3/h4-6,12,14-15H,7-11,13H2,1-3H3,(H,22,23,27). The molecule has 0 bridgehead atoms.